The van der Waals surface area contributed by atoms with Gasteiger partial charge in [-0.1, -0.05) is 20.3 Å². The van der Waals surface area contributed by atoms with Gasteiger partial charge in [0.15, 0.2) is 5.69 Å². The Morgan fingerprint density at radius 2 is 1.86 bits per heavy atom. The van der Waals surface area contributed by atoms with Gasteiger partial charge in [-0.3, -0.25) is 9.59 Å². The average molecular weight is 488 g/mol. The number of nitrogens with one attached hydrogen (secondary N) is 3. The number of aromatic nitrogens is 1. The molecule has 8 nitrogen and oxygen atoms in total. The molecule has 0 radical (unpaired) electrons. The number of hydrogen-bond donors (Lipinski definition) is 3. The quantitative estimate of drug-likeness (QED) is 0.509. The molecule has 35 heavy (non-hydrogen) atoms. The van der Waals surface area contributed by atoms with E-state index in [2.05, 4.69) is 40.8 Å². The van der Waals surface area contributed by atoms with E-state index in [1.165, 1.54) is 70.0 Å². The summed E-state index contributed by atoms with van der Waals surface area (Å²) in [6, 6.07) is 2.66. The van der Waals surface area contributed by atoms with Crippen LogP contribution in [0.15, 0.2) is 12.3 Å². The van der Waals surface area contributed by atoms with Gasteiger partial charge < -0.3 is 25.6 Å². The summed E-state index contributed by atoms with van der Waals surface area (Å²) < 4.78 is 5.00. The number of pyridine rings is 1. The molecule has 0 aromatic carbocycles. The van der Waals surface area contributed by atoms with E-state index in [4.69, 9.17) is 4.74 Å². The first-order valence-electron chi connectivity index (χ1n) is 13.6. The number of hydrogen-bond acceptors (Lipinski definition) is 6. The Hall–Kier alpha value is -2.19. The number of anilines is 1. The normalized spacial score (nSPS) is 19.9. The van der Waals surface area contributed by atoms with Gasteiger partial charge >= 0.3 is 0 Å². The van der Waals surface area contributed by atoms with Gasteiger partial charge in [-0.25, -0.2) is 4.98 Å². The predicted octanol–water partition coefficient (Wildman–Crippen LogP) is 3.54. The van der Waals surface area contributed by atoms with Crippen LogP contribution in [0.2, 0.25) is 0 Å². The zero-order chi connectivity index (χ0) is 24.9. The molecule has 1 aromatic rings. The fourth-order valence-electron chi connectivity index (χ4n) is 4.05. The molecule has 2 saturated heterocycles. The largest absolute Gasteiger partial charge is 0.380 e. The van der Waals surface area contributed by atoms with Crippen LogP contribution < -0.4 is 16.0 Å². The molecule has 0 bridgehead atoms. The van der Waals surface area contributed by atoms with Crippen molar-refractivity contribution in [3.63, 3.8) is 0 Å². The third-order valence-corrected chi connectivity index (χ3v) is 6.71. The van der Waals surface area contributed by atoms with Crippen molar-refractivity contribution in [3.05, 3.63) is 23.5 Å². The molecule has 2 saturated carbocycles. The van der Waals surface area contributed by atoms with Gasteiger partial charge in [0.2, 0.25) is 6.41 Å². The average Bonchev–Trinajstić information content (AvgIpc) is 3.73. The Bertz CT molecular complexity index is 759. The summed E-state index contributed by atoms with van der Waals surface area (Å²) in [4.78, 5) is 28.5. The summed E-state index contributed by atoms with van der Waals surface area (Å²) in [6.07, 6.45) is 13.1. The Morgan fingerprint density at radius 3 is 2.31 bits per heavy atom. The number of carbonyl (C=O) groups excluding carboxylic acids is 2. The van der Waals surface area contributed by atoms with Crippen LogP contribution in [0.5, 0.6) is 0 Å². The summed E-state index contributed by atoms with van der Waals surface area (Å²) in [5.74, 6) is 1.04. The first-order chi connectivity index (χ1) is 17.1. The lowest BCUT2D eigenvalue weighted by atomic mass is 9.92. The summed E-state index contributed by atoms with van der Waals surface area (Å²) in [7, 11) is 0. The molecule has 3 heterocycles. The maximum atomic E-state index is 12.3. The Kier molecular flexibility index (Phi) is 11.8. The molecule has 5 rings (SSSR count). The highest BCUT2D eigenvalue weighted by Gasteiger charge is 2.27. The molecule has 3 N–H and O–H groups in total. The van der Waals surface area contributed by atoms with Gasteiger partial charge in [0.1, 0.15) is 0 Å². The summed E-state index contributed by atoms with van der Waals surface area (Å²) in [6.45, 7) is 10.3. The Morgan fingerprint density at radius 1 is 1.14 bits per heavy atom. The highest BCUT2D eigenvalue weighted by Crippen LogP contribution is 2.41. The van der Waals surface area contributed by atoms with Gasteiger partial charge in [-0.2, -0.15) is 0 Å². The lowest BCUT2D eigenvalue weighted by molar-refractivity contribution is -0.121. The van der Waals surface area contributed by atoms with E-state index in [9.17, 15) is 9.59 Å². The second-order valence-electron chi connectivity index (χ2n) is 10.4. The molecule has 2 aliphatic heterocycles. The number of piperidine rings is 1. The molecule has 8 heteroatoms. The van der Waals surface area contributed by atoms with Crippen molar-refractivity contribution in [2.75, 3.05) is 51.3 Å². The molecule has 0 unspecified atom stereocenters. The molecule has 0 spiro atoms. The molecule has 1 aromatic heterocycles. The van der Waals surface area contributed by atoms with Crippen molar-refractivity contribution in [1.82, 2.24) is 20.5 Å². The highest BCUT2D eigenvalue weighted by atomic mass is 16.5. The van der Waals surface area contributed by atoms with Crippen molar-refractivity contribution >= 4 is 18.0 Å². The van der Waals surface area contributed by atoms with E-state index in [0.717, 1.165) is 25.2 Å². The number of carbonyl (C=O) groups is 2. The third kappa shape index (κ3) is 10.1. The van der Waals surface area contributed by atoms with Gasteiger partial charge in [-0.05, 0) is 81.5 Å². The number of ether oxygens (including phenoxy) is 1. The molecular weight excluding hydrogens is 442 g/mol. The first kappa shape index (κ1) is 27.4. The fraction of sp³-hybridized carbons (Fsp3) is 0.741. The summed E-state index contributed by atoms with van der Waals surface area (Å²) in [5.41, 5.74) is 2.74. The van der Waals surface area contributed by atoms with Crippen molar-refractivity contribution in [3.8, 4) is 0 Å². The van der Waals surface area contributed by atoms with E-state index in [-0.39, 0.29) is 5.91 Å². The van der Waals surface area contributed by atoms with Gasteiger partial charge in [0.05, 0.1) is 18.9 Å². The van der Waals surface area contributed by atoms with Crippen LogP contribution in [-0.2, 0) is 9.53 Å². The molecule has 0 atom stereocenters. The van der Waals surface area contributed by atoms with Crippen LogP contribution in [-0.4, -0.2) is 74.2 Å². The number of rotatable bonds is 7. The summed E-state index contributed by atoms with van der Waals surface area (Å²) >= 11 is 0. The van der Waals surface area contributed by atoms with Gasteiger partial charge in [0.25, 0.3) is 5.91 Å². The monoisotopic (exact) mass is 487 g/mol. The fourth-order valence-corrected chi connectivity index (χ4v) is 4.05. The maximum absolute atomic E-state index is 12.3. The van der Waals surface area contributed by atoms with Crippen LogP contribution in [0.4, 0.5) is 5.69 Å². The van der Waals surface area contributed by atoms with E-state index in [1.54, 1.807) is 4.90 Å². The molecule has 196 valence electrons. The van der Waals surface area contributed by atoms with Crippen LogP contribution >= 0.6 is 0 Å². The second-order valence-corrected chi connectivity index (χ2v) is 10.4. The zero-order valence-corrected chi connectivity index (χ0v) is 21.7. The van der Waals surface area contributed by atoms with Crippen molar-refractivity contribution < 1.29 is 14.3 Å². The minimum Gasteiger partial charge on any atom is -0.380 e. The molecule has 2 aliphatic carbocycles. The second kappa shape index (κ2) is 15.0. The number of amides is 2. The van der Waals surface area contributed by atoms with Crippen LogP contribution in [0.1, 0.15) is 87.2 Å². The SMILES string of the molecule is C1CCNCC1.CC(C)CNC(=O)c1ncc(C2CC2)cc1NC1CCC1.O=CN1CCOCC1. The van der Waals surface area contributed by atoms with Crippen LogP contribution in [0.3, 0.4) is 0 Å². The third-order valence-electron chi connectivity index (χ3n) is 6.71. The first-order valence-corrected chi connectivity index (χ1v) is 13.6. The van der Waals surface area contributed by atoms with Crippen molar-refractivity contribution in [1.29, 1.82) is 0 Å². The topological polar surface area (TPSA) is 95.6 Å². The van der Waals surface area contributed by atoms with E-state index < -0.39 is 0 Å². The van der Waals surface area contributed by atoms with Gasteiger partial charge in [0, 0.05) is 31.9 Å². The summed E-state index contributed by atoms with van der Waals surface area (Å²) in [5, 5.41) is 9.77. The van der Waals surface area contributed by atoms with Crippen molar-refractivity contribution in [2.45, 2.75) is 77.2 Å². The highest BCUT2D eigenvalue weighted by molar-refractivity contribution is 5.97. The molecular formula is C27H45N5O3. The minimum absolute atomic E-state index is 0.0622. The molecule has 4 fully saturated rings. The van der Waals surface area contributed by atoms with E-state index in [0.29, 0.717) is 43.3 Å². The smallest absolute Gasteiger partial charge is 0.272 e. The van der Waals surface area contributed by atoms with Crippen LogP contribution in [0, 0.1) is 5.92 Å². The standard InChI is InChI=1S/C17H25N3O.C5H9NO2.C5H11N/c1-11(2)9-19-17(21)16-15(20-14-4-3-5-14)8-13(10-18-16)12-6-7-12;7-5-6-1-3-8-4-2-6;1-2-4-6-5-3-1/h8,10-12,14,20H,3-7,9H2,1-2H3,(H,19,21);5H,1-4H2;6H,1-5H2. The van der Waals surface area contributed by atoms with Gasteiger partial charge in [-0.15, -0.1) is 0 Å². The van der Waals surface area contributed by atoms with E-state index >= 15 is 0 Å². The minimum atomic E-state index is -0.0622. The Balaban J connectivity index is 0.000000199. The molecule has 2 amide bonds. The van der Waals surface area contributed by atoms with Crippen LogP contribution in [0.25, 0.3) is 0 Å². The van der Waals surface area contributed by atoms with Crippen molar-refractivity contribution in [2.24, 2.45) is 5.92 Å². The van der Waals surface area contributed by atoms with E-state index in [1.807, 2.05) is 6.20 Å². The number of morpholine rings is 1. The lowest BCUT2D eigenvalue weighted by Crippen LogP contribution is -2.34. The molecule has 4 aliphatic rings. The Labute approximate surface area is 211 Å². The zero-order valence-electron chi connectivity index (χ0n) is 21.7. The predicted molar refractivity (Wildman–Crippen MR) is 140 cm³/mol. The lowest BCUT2D eigenvalue weighted by Gasteiger charge is -2.28. The maximum Gasteiger partial charge on any atom is 0.272 e. The number of nitrogens with zero attached hydrogens (tertiary/aromatic N) is 2.